The highest BCUT2D eigenvalue weighted by molar-refractivity contribution is 9.10. The fourth-order valence-corrected chi connectivity index (χ4v) is 4.18. The van der Waals surface area contributed by atoms with E-state index in [0.29, 0.717) is 0 Å². The van der Waals surface area contributed by atoms with Crippen molar-refractivity contribution in [1.82, 2.24) is 0 Å². The van der Waals surface area contributed by atoms with Gasteiger partial charge in [-0.3, -0.25) is 0 Å². The Morgan fingerprint density at radius 3 is 2.23 bits per heavy atom. The van der Waals surface area contributed by atoms with Crippen molar-refractivity contribution in [3.05, 3.63) is 68.1 Å². The smallest absolute Gasteiger partial charge is 0.294 e. The second-order valence-corrected chi connectivity index (χ2v) is 8.53. The van der Waals surface area contributed by atoms with E-state index < -0.39 is 5.79 Å². The molecular formula is C22H20Br2O2. The summed E-state index contributed by atoms with van der Waals surface area (Å²) < 4.78 is 15.0. The Hall–Kier alpha value is -1.52. The van der Waals surface area contributed by atoms with Crippen LogP contribution in [0.5, 0.6) is 11.5 Å². The summed E-state index contributed by atoms with van der Waals surface area (Å²) in [6, 6.07) is 12.1. The second kappa shape index (κ2) is 7.24. The van der Waals surface area contributed by atoms with E-state index in [2.05, 4.69) is 63.1 Å². The summed E-state index contributed by atoms with van der Waals surface area (Å²) in [7, 11) is 0. The SMILES string of the molecule is CCCCCC1=Cc2cc(Br)ccc2OC12C=Cc1cc(Br)ccc1O2. The predicted octanol–water partition coefficient (Wildman–Crippen LogP) is 7.37. The zero-order valence-corrected chi connectivity index (χ0v) is 17.8. The fraction of sp³-hybridized carbons (Fsp3) is 0.273. The van der Waals surface area contributed by atoms with Crippen LogP contribution in [-0.2, 0) is 0 Å². The van der Waals surface area contributed by atoms with Gasteiger partial charge in [-0.2, -0.15) is 0 Å². The molecule has 0 bridgehead atoms. The van der Waals surface area contributed by atoms with Gasteiger partial charge in [0.1, 0.15) is 11.5 Å². The molecule has 4 heteroatoms. The van der Waals surface area contributed by atoms with Gasteiger partial charge >= 0.3 is 0 Å². The van der Waals surface area contributed by atoms with Gasteiger partial charge in [-0.25, -0.2) is 0 Å². The second-order valence-electron chi connectivity index (χ2n) is 6.70. The predicted molar refractivity (Wildman–Crippen MR) is 113 cm³/mol. The van der Waals surface area contributed by atoms with Gasteiger partial charge in [0.25, 0.3) is 5.79 Å². The van der Waals surface area contributed by atoms with Gasteiger partial charge < -0.3 is 9.47 Å². The molecule has 2 aliphatic heterocycles. The average Bonchev–Trinajstić information content (AvgIpc) is 2.63. The third kappa shape index (κ3) is 3.37. The number of unbranched alkanes of at least 4 members (excludes halogenated alkanes) is 2. The molecule has 0 amide bonds. The van der Waals surface area contributed by atoms with E-state index in [1.54, 1.807) is 0 Å². The molecule has 2 heterocycles. The van der Waals surface area contributed by atoms with Crippen LogP contribution in [0.4, 0.5) is 0 Å². The maximum absolute atomic E-state index is 6.44. The molecule has 1 atom stereocenters. The highest BCUT2D eigenvalue weighted by atomic mass is 79.9. The molecule has 0 aromatic heterocycles. The Morgan fingerprint density at radius 2 is 1.54 bits per heavy atom. The summed E-state index contributed by atoms with van der Waals surface area (Å²) in [6.45, 7) is 2.22. The molecule has 0 saturated carbocycles. The molecule has 2 aromatic carbocycles. The monoisotopic (exact) mass is 474 g/mol. The maximum atomic E-state index is 6.44. The number of rotatable bonds is 4. The minimum atomic E-state index is -0.852. The maximum Gasteiger partial charge on any atom is 0.294 e. The van der Waals surface area contributed by atoms with E-state index in [4.69, 9.17) is 9.47 Å². The molecule has 2 aliphatic rings. The topological polar surface area (TPSA) is 18.5 Å². The van der Waals surface area contributed by atoms with Crippen LogP contribution >= 0.6 is 31.9 Å². The van der Waals surface area contributed by atoms with E-state index in [9.17, 15) is 0 Å². The van der Waals surface area contributed by atoms with Crippen LogP contribution in [0.2, 0.25) is 0 Å². The largest absolute Gasteiger partial charge is 0.444 e. The highest BCUT2D eigenvalue weighted by Crippen LogP contribution is 2.44. The highest BCUT2D eigenvalue weighted by Gasteiger charge is 2.41. The van der Waals surface area contributed by atoms with Crippen molar-refractivity contribution in [2.45, 2.75) is 38.4 Å². The summed E-state index contributed by atoms with van der Waals surface area (Å²) in [5, 5.41) is 0. The first kappa shape index (κ1) is 17.9. The van der Waals surface area contributed by atoms with Crippen molar-refractivity contribution in [2.24, 2.45) is 0 Å². The summed E-state index contributed by atoms with van der Waals surface area (Å²) in [4.78, 5) is 0. The Kier molecular flexibility index (Phi) is 4.98. The lowest BCUT2D eigenvalue weighted by Crippen LogP contribution is -2.45. The van der Waals surface area contributed by atoms with Crippen LogP contribution in [0.15, 0.2) is 57.0 Å². The van der Waals surface area contributed by atoms with Crippen LogP contribution in [-0.4, -0.2) is 5.79 Å². The molecule has 1 unspecified atom stereocenters. The molecule has 26 heavy (non-hydrogen) atoms. The first-order valence-corrected chi connectivity index (χ1v) is 10.6. The summed E-state index contributed by atoms with van der Waals surface area (Å²) in [5.74, 6) is 0.838. The van der Waals surface area contributed by atoms with Crippen molar-refractivity contribution in [2.75, 3.05) is 0 Å². The van der Waals surface area contributed by atoms with Crippen LogP contribution in [0.25, 0.3) is 12.2 Å². The lowest BCUT2D eigenvalue weighted by Gasteiger charge is -2.39. The molecule has 0 fully saturated rings. The molecular weight excluding hydrogens is 456 g/mol. The Morgan fingerprint density at radius 1 is 0.885 bits per heavy atom. The van der Waals surface area contributed by atoms with Crippen molar-refractivity contribution < 1.29 is 9.47 Å². The molecule has 0 saturated heterocycles. The summed E-state index contributed by atoms with van der Waals surface area (Å²) in [6.07, 6.45) is 10.8. The van der Waals surface area contributed by atoms with Gasteiger partial charge in [0.2, 0.25) is 0 Å². The van der Waals surface area contributed by atoms with E-state index in [1.807, 2.05) is 30.3 Å². The first-order valence-electron chi connectivity index (χ1n) is 8.97. The molecule has 0 N–H and O–H groups in total. The molecule has 1 spiro atoms. The molecule has 2 nitrogen and oxygen atoms in total. The lowest BCUT2D eigenvalue weighted by molar-refractivity contribution is -0.0439. The van der Waals surface area contributed by atoms with Gasteiger partial charge in [0.15, 0.2) is 0 Å². The van der Waals surface area contributed by atoms with Gasteiger partial charge in [-0.1, -0.05) is 51.6 Å². The number of fused-ring (bicyclic) bond motifs is 2. The van der Waals surface area contributed by atoms with Crippen molar-refractivity contribution in [3.8, 4) is 11.5 Å². The van der Waals surface area contributed by atoms with Crippen molar-refractivity contribution in [1.29, 1.82) is 0 Å². The minimum Gasteiger partial charge on any atom is -0.444 e. The number of benzene rings is 2. The van der Waals surface area contributed by atoms with E-state index in [0.717, 1.165) is 44.4 Å². The minimum absolute atomic E-state index is 0.845. The fourth-order valence-electron chi connectivity index (χ4n) is 3.42. The number of hydrogen-bond acceptors (Lipinski definition) is 2. The van der Waals surface area contributed by atoms with Crippen LogP contribution in [0.3, 0.4) is 0 Å². The Balaban J connectivity index is 1.75. The molecule has 134 valence electrons. The van der Waals surface area contributed by atoms with Gasteiger partial charge in [0.05, 0.1) is 0 Å². The number of ether oxygens (including phenoxy) is 2. The third-order valence-corrected chi connectivity index (χ3v) is 5.76. The van der Waals surface area contributed by atoms with E-state index >= 15 is 0 Å². The van der Waals surface area contributed by atoms with Crippen molar-refractivity contribution in [3.63, 3.8) is 0 Å². The summed E-state index contributed by atoms with van der Waals surface area (Å²) >= 11 is 7.08. The quantitative estimate of drug-likeness (QED) is 0.429. The Bertz CT molecular complexity index is 897. The standard InChI is InChI=1S/C22H20Br2O2/c1-2-3-4-5-17-12-16-14-19(24)7-9-21(16)26-22(17)11-10-15-13-18(23)6-8-20(15)25-22/h6-14H,2-5H2,1H3. The van der Waals surface area contributed by atoms with Gasteiger partial charge in [0, 0.05) is 31.7 Å². The molecule has 0 aliphatic carbocycles. The summed E-state index contributed by atoms with van der Waals surface area (Å²) in [5.41, 5.74) is 3.32. The molecule has 2 aromatic rings. The van der Waals surface area contributed by atoms with Crippen LogP contribution < -0.4 is 9.47 Å². The van der Waals surface area contributed by atoms with Crippen molar-refractivity contribution >= 4 is 44.0 Å². The lowest BCUT2D eigenvalue weighted by atomic mass is 9.91. The van der Waals surface area contributed by atoms with E-state index in [-0.39, 0.29) is 0 Å². The van der Waals surface area contributed by atoms with Crippen LogP contribution in [0.1, 0.15) is 43.7 Å². The molecule has 4 rings (SSSR count). The molecule has 0 radical (unpaired) electrons. The van der Waals surface area contributed by atoms with Crippen LogP contribution in [0, 0.1) is 0 Å². The Labute approximate surface area is 171 Å². The van der Waals surface area contributed by atoms with E-state index in [1.165, 1.54) is 18.4 Å². The normalized spacial score (nSPS) is 20.0. The number of halogens is 2. The third-order valence-electron chi connectivity index (χ3n) is 4.78. The van der Waals surface area contributed by atoms with Gasteiger partial charge in [-0.15, -0.1) is 0 Å². The number of hydrogen-bond donors (Lipinski definition) is 0. The zero-order valence-electron chi connectivity index (χ0n) is 14.6. The zero-order chi connectivity index (χ0) is 18.1. The average molecular weight is 476 g/mol. The first-order chi connectivity index (χ1) is 12.6. The van der Waals surface area contributed by atoms with Gasteiger partial charge in [-0.05, 0) is 61.4 Å².